The molecule has 0 saturated carbocycles. The van der Waals surface area contributed by atoms with Crippen LogP contribution in [-0.4, -0.2) is 27.6 Å². The van der Waals surface area contributed by atoms with Gasteiger partial charge in [-0.25, -0.2) is 0 Å². The number of hydrogen-bond acceptors (Lipinski definition) is 6. The maximum Gasteiger partial charge on any atom is 0.286 e. The molecule has 0 bridgehead atoms. The van der Waals surface area contributed by atoms with E-state index >= 15 is 0 Å². The molecule has 1 amide bonds. The number of amides is 1. The lowest BCUT2D eigenvalue weighted by Gasteiger charge is -1.99. The zero-order valence-electron chi connectivity index (χ0n) is 11.0. The Labute approximate surface area is 120 Å². The Balaban J connectivity index is 1.55. The van der Waals surface area contributed by atoms with Crippen molar-refractivity contribution in [2.75, 3.05) is 6.54 Å². The molecule has 1 N–H and O–H groups in total. The van der Waals surface area contributed by atoms with Crippen LogP contribution in [0.15, 0.2) is 51.8 Å². The molecule has 7 heteroatoms. The molecule has 7 nitrogen and oxygen atoms in total. The number of carbonyl (C=O) groups is 1. The second kappa shape index (κ2) is 6.00. The van der Waals surface area contributed by atoms with Gasteiger partial charge >= 0.3 is 0 Å². The molecule has 0 radical (unpaired) electrons. The summed E-state index contributed by atoms with van der Waals surface area (Å²) in [6.07, 6.45) is 5.22. The molecule has 0 atom stereocenters. The molecule has 0 aromatic carbocycles. The van der Waals surface area contributed by atoms with Crippen LogP contribution in [0.4, 0.5) is 0 Å². The largest absolute Gasteiger partial charge is 0.459 e. The first-order valence-electron chi connectivity index (χ1n) is 6.37. The van der Waals surface area contributed by atoms with E-state index in [0.717, 1.165) is 5.56 Å². The van der Waals surface area contributed by atoms with Gasteiger partial charge in [0.05, 0.1) is 11.8 Å². The summed E-state index contributed by atoms with van der Waals surface area (Å²) < 4.78 is 10.5. The smallest absolute Gasteiger partial charge is 0.286 e. The van der Waals surface area contributed by atoms with E-state index in [4.69, 9.17) is 8.83 Å². The lowest BCUT2D eigenvalue weighted by Crippen LogP contribution is -2.25. The fourth-order valence-corrected chi connectivity index (χ4v) is 1.74. The lowest BCUT2D eigenvalue weighted by molar-refractivity contribution is 0.0926. The molecule has 0 aliphatic heterocycles. The van der Waals surface area contributed by atoms with Crippen molar-refractivity contribution >= 4 is 5.91 Å². The number of nitrogens with zero attached hydrogens (tertiary/aromatic N) is 3. The topological polar surface area (TPSA) is 94.1 Å². The summed E-state index contributed by atoms with van der Waals surface area (Å²) in [5.41, 5.74) is 0.760. The first-order valence-corrected chi connectivity index (χ1v) is 6.37. The molecular weight excluding hydrogens is 272 g/mol. The second-order valence-electron chi connectivity index (χ2n) is 4.23. The third kappa shape index (κ3) is 3.14. The maximum atomic E-state index is 11.6. The highest BCUT2D eigenvalue weighted by Gasteiger charge is 2.10. The minimum absolute atomic E-state index is 0.271. The summed E-state index contributed by atoms with van der Waals surface area (Å²) in [5, 5.41) is 10.6. The van der Waals surface area contributed by atoms with Crippen molar-refractivity contribution < 1.29 is 13.6 Å². The number of pyridine rings is 1. The average Bonchev–Trinajstić information content (AvgIpc) is 3.20. The molecular formula is C14H12N4O3. The molecule has 0 aliphatic rings. The Morgan fingerprint density at radius 1 is 1.24 bits per heavy atom. The van der Waals surface area contributed by atoms with Gasteiger partial charge in [-0.15, -0.1) is 10.2 Å². The predicted octanol–water partition coefficient (Wildman–Crippen LogP) is 1.70. The van der Waals surface area contributed by atoms with Crippen LogP contribution in [0.3, 0.4) is 0 Å². The number of carbonyl (C=O) groups excluding carboxylic acids is 1. The minimum Gasteiger partial charge on any atom is -0.459 e. The second-order valence-corrected chi connectivity index (χ2v) is 4.23. The molecule has 3 aromatic rings. The van der Waals surface area contributed by atoms with Gasteiger partial charge in [-0.2, -0.15) is 0 Å². The van der Waals surface area contributed by atoms with Crippen LogP contribution in [-0.2, 0) is 6.42 Å². The zero-order valence-corrected chi connectivity index (χ0v) is 11.0. The molecule has 0 spiro atoms. The van der Waals surface area contributed by atoms with Gasteiger partial charge in [0.1, 0.15) is 0 Å². The first-order chi connectivity index (χ1) is 10.3. The number of aromatic nitrogens is 3. The summed E-state index contributed by atoms with van der Waals surface area (Å²) in [6.45, 7) is 0.383. The van der Waals surface area contributed by atoms with Crippen molar-refractivity contribution in [3.05, 3.63) is 54.6 Å². The lowest BCUT2D eigenvalue weighted by atomic mass is 10.3. The molecule has 0 unspecified atom stereocenters. The van der Waals surface area contributed by atoms with Gasteiger partial charge in [-0.1, -0.05) is 0 Å². The number of rotatable bonds is 5. The highest BCUT2D eigenvalue weighted by molar-refractivity contribution is 5.91. The third-order valence-corrected chi connectivity index (χ3v) is 2.74. The standard InChI is InChI=1S/C14H12N4O3/c19-13(11-4-2-8-20-11)16-7-5-12-17-18-14(21-12)10-3-1-6-15-9-10/h1-4,6,8-9H,5,7H2,(H,16,19). The normalized spacial score (nSPS) is 10.5. The summed E-state index contributed by atoms with van der Waals surface area (Å²) in [6, 6.07) is 6.89. The van der Waals surface area contributed by atoms with Crippen LogP contribution in [0.5, 0.6) is 0 Å². The van der Waals surface area contributed by atoms with Crippen molar-refractivity contribution in [3.8, 4) is 11.5 Å². The Hall–Kier alpha value is -2.96. The monoisotopic (exact) mass is 284 g/mol. The molecule has 0 aliphatic carbocycles. The van der Waals surface area contributed by atoms with E-state index in [1.54, 1.807) is 30.6 Å². The Bertz CT molecular complexity index is 707. The van der Waals surface area contributed by atoms with Crippen molar-refractivity contribution in [2.24, 2.45) is 0 Å². The summed E-state index contributed by atoms with van der Waals surface area (Å²) >= 11 is 0. The van der Waals surface area contributed by atoms with Crippen LogP contribution < -0.4 is 5.32 Å². The average molecular weight is 284 g/mol. The van der Waals surface area contributed by atoms with E-state index < -0.39 is 0 Å². The van der Waals surface area contributed by atoms with Gasteiger partial charge < -0.3 is 14.2 Å². The third-order valence-electron chi connectivity index (χ3n) is 2.74. The Morgan fingerprint density at radius 3 is 2.95 bits per heavy atom. The molecule has 0 fully saturated rings. The van der Waals surface area contributed by atoms with Gasteiger partial charge in [0.25, 0.3) is 5.91 Å². The summed E-state index contributed by atoms with van der Waals surface area (Å²) in [4.78, 5) is 15.6. The molecule has 3 rings (SSSR count). The Morgan fingerprint density at radius 2 is 2.19 bits per heavy atom. The van der Waals surface area contributed by atoms with E-state index in [-0.39, 0.29) is 11.7 Å². The van der Waals surface area contributed by atoms with E-state index in [1.807, 2.05) is 6.07 Å². The van der Waals surface area contributed by atoms with E-state index in [2.05, 4.69) is 20.5 Å². The summed E-state index contributed by atoms with van der Waals surface area (Å²) in [7, 11) is 0. The molecule has 21 heavy (non-hydrogen) atoms. The first kappa shape index (κ1) is 13.0. The van der Waals surface area contributed by atoms with Crippen LogP contribution in [0.25, 0.3) is 11.5 Å². The van der Waals surface area contributed by atoms with Gasteiger partial charge in [0.15, 0.2) is 5.76 Å². The van der Waals surface area contributed by atoms with E-state index in [0.29, 0.717) is 24.7 Å². The molecule has 0 saturated heterocycles. The van der Waals surface area contributed by atoms with Crippen molar-refractivity contribution in [3.63, 3.8) is 0 Å². The predicted molar refractivity (Wildman–Crippen MR) is 72.3 cm³/mol. The fraction of sp³-hybridized carbons (Fsp3) is 0.143. The van der Waals surface area contributed by atoms with Crippen molar-refractivity contribution in [1.29, 1.82) is 0 Å². The molecule has 106 valence electrons. The molecule has 3 aromatic heterocycles. The van der Waals surface area contributed by atoms with Gasteiger partial charge in [-0.05, 0) is 24.3 Å². The SMILES string of the molecule is O=C(NCCc1nnc(-c2cccnc2)o1)c1ccco1. The van der Waals surface area contributed by atoms with Crippen molar-refractivity contribution in [2.45, 2.75) is 6.42 Å². The van der Waals surface area contributed by atoms with Crippen LogP contribution >= 0.6 is 0 Å². The quantitative estimate of drug-likeness (QED) is 0.766. The minimum atomic E-state index is -0.271. The zero-order chi connectivity index (χ0) is 14.5. The molecule has 3 heterocycles. The number of furan rings is 1. The van der Waals surface area contributed by atoms with Gasteiger partial charge in [0.2, 0.25) is 11.8 Å². The van der Waals surface area contributed by atoms with Crippen LogP contribution in [0.2, 0.25) is 0 Å². The number of hydrogen-bond donors (Lipinski definition) is 1. The summed E-state index contributed by atoms with van der Waals surface area (Å²) in [5.74, 6) is 0.868. The van der Waals surface area contributed by atoms with Gasteiger partial charge in [0, 0.05) is 25.4 Å². The highest BCUT2D eigenvalue weighted by atomic mass is 16.4. The van der Waals surface area contributed by atoms with E-state index in [1.165, 1.54) is 6.26 Å². The van der Waals surface area contributed by atoms with Crippen molar-refractivity contribution in [1.82, 2.24) is 20.5 Å². The highest BCUT2D eigenvalue weighted by Crippen LogP contribution is 2.15. The van der Waals surface area contributed by atoms with Crippen LogP contribution in [0.1, 0.15) is 16.4 Å². The number of nitrogens with one attached hydrogen (secondary N) is 1. The van der Waals surface area contributed by atoms with E-state index in [9.17, 15) is 4.79 Å². The van der Waals surface area contributed by atoms with Gasteiger partial charge in [-0.3, -0.25) is 9.78 Å². The maximum absolute atomic E-state index is 11.6. The fourth-order valence-electron chi connectivity index (χ4n) is 1.74. The Kier molecular flexibility index (Phi) is 3.72. The van der Waals surface area contributed by atoms with Crippen LogP contribution in [0, 0.1) is 0 Å².